The molecule has 1 atom stereocenters. The summed E-state index contributed by atoms with van der Waals surface area (Å²) in [4.78, 5) is 29.9. The second kappa shape index (κ2) is 12.1. The fourth-order valence-corrected chi connectivity index (χ4v) is 5.71. The lowest BCUT2D eigenvalue weighted by atomic mass is 9.83. The molecule has 0 radical (unpaired) electrons. The molecular weight excluding hydrogens is 543 g/mol. The third kappa shape index (κ3) is 6.43. The molecule has 3 aromatic rings. The number of fused-ring (bicyclic) bond motifs is 1. The molecule has 0 fully saturated rings. The summed E-state index contributed by atoms with van der Waals surface area (Å²) >= 11 is 1.27. The number of esters is 1. The van der Waals surface area contributed by atoms with E-state index in [0.717, 1.165) is 15.1 Å². The van der Waals surface area contributed by atoms with Gasteiger partial charge in [0.1, 0.15) is 17.5 Å². The second-order valence-corrected chi connectivity index (χ2v) is 10.7. The minimum atomic E-state index is -4.78. The van der Waals surface area contributed by atoms with Gasteiger partial charge in [0.2, 0.25) is 5.91 Å². The Morgan fingerprint density at radius 1 is 1.25 bits per heavy atom. The maximum absolute atomic E-state index is 14.1. The summed E-state index contributed by atoms with van der Waals surface area (Å²) in [5.41, 5.74) is 0.342. The number of halogens is 3. The van der Waals surface area contributed by atoms with Gasteiger partial charge >= 0.3 is 12.1 Å². The topological polar surface area (TPSA) is 91.5 Å². The molecule has 3 heterocycles. The first kappa shape index (κ1) is 29.0. The predicted molar refractivity (Wildman–Crippen MR) is 143 cm³/mol. The number of hydrogen-bond acceptors (Lipinski definition) is 7. The van der Waals surface area contributed by atoms with Crippen molar-refractivity contribution in [3.63, 3.8) is 0 Å². The van der Waals surface area contributed by atoms with Gasteiger partial charge in [-0.15, -0.1) is 11.3 Å². The summed E-state index contributed by atoms with van der Waals surface area (Å²) in [5.74, 6) is -1.41. The summed E-state index contributed by atoms with van der Waals surface area (Å²) in [6, 6.07) is 10.6. The zero-order valence-electron chi connectivity index (χ0n) is 22.2. The number of ether oxygens (including phenoxy) is 1. The first-order chi connectivity index (χ1) is 19.0. The van der Waals surface area contributed by atoms with Gasteiger partial charge in [-0.2, -0.15) is 23.5 Å². The molecule has 1 aliphatic rings. The maximum Gasteiger partial charge on any atom is 0.435 e. The third-order valence-corrected chi connectivity index (χ3v) is 7.40. The van der Waals surface area contributed by atoms with Crippen LogP contribution in [0.2, 0.25) is 0 Å². The Morgan fingerprint density at radius 2 is 2.00 bits per heavy atom. The zero-order valence-corrected chi connectivity index (χ0v) is 23.1. The van der Waals surface area contributed by atoms with Crippen LogP contribution < -0.4 is 0 Å². The predicted octanol–water partition coefficient (Wildman–Crippen LogP) is 4.66. The third-order valence-electron chi connectivity index (χ3n) is 6.36. The second-order valence-electron chi connectivity index (χ2n) is 9.52. The van der Waals surface area contributed by atoms with E-state index < -0.39 is 30.3 Å². The van der Waals surface area contributed by atoms with E-state index in [4.69, 9.17) is 4.74 Å². The molecular formula is C28H28F3N5O3S. The zero-order chi connectivity index (χ0) is 29.0. The SMILES string of the molecule is CCOC(=O)Cn1cc(-c2ccccc2[C@@H]2CN(C(=O)/C=C/CN(C)C)Cc3sc(C#N)cc32)c(C(F)(F)F)n1. The van der Waals surface area contributed by atoms with Crippen molar-refractivity contribution >= 4 is 23.2 Å². The molecule has 210 valence electrons. The molecule has 0 spiro atoms. The van der Waals surface area contributed by atoms with Crippen LogP contribution in [0.15, 0.2) is 48.7 Å². The number of likely N-dealkylation sites (N-methyl/N-ethyl adjacent to an activating group) is 1. The Kier molecular flexibility index (Phi) is 8.76. The van der Waals surface area contributed by atoms with E-state index >= 15 is 0 Å². The average molecular weight is 572 g/mol. The number of benzene rings is 1. The smallest absolute Gasteiger partial charge is 0.435 e. The van der Waals surface area contributed by atoms with Crippen molar-refractivity contribution in [3.8, 4) is 17.2 Å². The standard InChI is InChI=1S/C28H28F3N5O3S/c1-4-39-26(38)17-36-15-23(27(33-36)28(29,30)31)20-9-6-5-8-19(20)22-14-35(25(37)10-7-11-34(2)3)16-24-21(22)12-18(13-32)40-24/h5-10,12,15,22H,4,11,14,16-17H2,1-3H3/b10-7+/t22-/m0/s1. The van der Waals surface area contributed by atoms with E-state index in [2.05, 4.69) is 11.2 Å². The van der Waals surface area contributed by atoms with Crippen molar-refractivity contribution in [1.82, 2.24) is 19.6 Å². The van der Waals surface area contributed by atoms with Crippen LogP contribution in [0.25, 0.3) is 11.1 Å². The van der Waals surface area contributed by atoms with Crippen LogP contribution in [0, 0.1) is 11.3 Å². The maximum atomic E-state index is 14.1. The van der Waals surface area contributed by atoms with E-state index in [1.54, 1.807) is 48.2 Å². The fourth-order valence-electron chi connectivity index (χ4n) is 4.67. The minimum Gasteiger partial charge on any atom is -0.465 e. The summed E-state index contributed by atoms with van der Waals surface area (Å²) in [6.07, 6.45) is -0.337. The minimum absolute atomic E-state index is 0.0941. The van der Waals surface area contributed by atoms with E-state index in [-0.39, 0.29) is 30.2 Å². The van der Waals surface area contributed by atoms with Gasteiger partial charge in [0.05, 0.1) is 13.2 Å². The van der Waals surface area contributed by atoms with Gasteiger partial charge in [-0.05, 0) is 43.8 Å². The lowest BCUT2D eigenvalue weighted by Crippen LogP contribution is -2.37. The monoisotopic (exact) mass is 571 g/mol. The first-order valence-corrected chi connectivity index (χ1v) is 13.4. The summed E-state index contributed by atoms with van der Waals surface area (Å²) in [7, 11) is 3.77. The van der Waals surface area contributed by atoms with Gasteiger partial charge in [0, 0.05) is 41.7 Å². The molecule has 0 saturated carbocycles. The number of carbonyl (C=O) groups excluding carboxylic acids is 2. The van der Waals surface area contributed by atoms with Crippen LogP contribution in [-0.4, -0.2) is 65.2 Å². The molecule has 8 nitrogen and oxygen atoms in total. The van der Waals surface area contributed by atoms with Gasteiger partial charge in [0.25, 0.3) is 0 Å². The van der Waals surface area contributed by atoms with Crippen LogP contribution in [0.1, 0.15) is 39.4 Å². The number of nitriles is 1. The Hall–Kier alpha value is -3.95. The van der Waals surface area contributed by atoms with E-state index in [0.29, 0.717) is 23.5 Å². The van der Waals surface area contributed by atoms with Crippen molar-refractivity contribution in [1.29, 1.82) is 5.26 Å². The normalized spacial score (nSPS) is 15.3. The van der Waals surface area contributed by atoms with Crippen molar-refractivity contribution in [2.45, 2.75) is 32.1 Å². The van der Waals surface area contributed by atoms with E-state index in [9.17, 15) is 28.0 Å². The number of amides is 1. The highest BCUT2D eigenvalue weighted by molar-refractivity contribution is 7.12. The number of thiophene rings is 1. The highest BCUT2D eigenvalue weighted by Gasteiger charge is 2.39. The number of nitrogens with zero attached hydrogens (tertiary/aromatic N) is 5. The molecule has 4 rings (SSSR count). The largest absolute Gasteiger partial charge is 0.465 e. The van der Waals surface area contributed by atoms with Crippen LogP contribution in [0.4, 0.5) is 13.2 Å². The molecule has 12 heteroatoms. The van der Waals surface area contributed by atoms with Crippen LogP contribution >= 0.6 is 11.3 Å². The molecule has 0 unspecified atom stereocenters. The molecule has 1 aromatic carbocycles. The molecule has 0 aliphatic carbocycles. The van der Waals surface area contributed by atoms with E-state index in [1.165, 1.54) is 23.6 Å². The van der Waals surface area contributed by atoms with Crippen LogP contribution in [0.3, 0.4) is 0 Å². The van der Waals surface area contributed by atoms with Gasteiger partial charge < -0.3 is 14.5 Å². The number of aromatic nitrogens is 2. The van der Waals surface area contributed by atoms with Crippen LogP contribution in [0.5, 0.6) is 0 Å². The number of rotatable bonds is 8. The molecule has 40 heavy (non-hydrogen) atoms. The van der Waals surface area contributed by atoms with Crippen molar-refractivity contribution < 1.29 is 27.5 Å². The highest BCUT2D eigenvalue weighted by Crippen LogP contribution is 2.44. The Labute approximate surface area is 233 Å². The highest BCUT2D eigenvalue weighted by atomic mass is 32.1. The van der Waals surface area contributed by atoms with Crippen LogP contribution in [-0.2, 0) is 33.6 Å². The molecule has 0 saturated heterocycles. The average Bonchev–Trinajstić information content (AvgIpc) is 3.52. The Bertz CT molecular complexity index is 1470. The van der Waals surface area contributed by atoms with Gasteiger partial charge in [0.15, 0.2) is 5.69 Å². The van der Waals surface area contributed by atoms with Crippen molar-refractivity contribution in [3.05, 3.63) is 75.3 Å². The Balaban J connectivity index is 1.80. The molecule has 1 amide bonds. The summed E-state index contributed by atoms with van der Waals surface area (Å²) < 4.78 is 48.3. The Morgan fingerprint density at radius 3 is 2.67 bits per heavy atom. The molecule has 0 N–H and O–H groups in total. The van der Waals surface area contributed by atoms with E-state index in [1.807, 2.05) is 19.0 Å². The summed E-state index contributed by atoms with van der Waals surface area (Å²) in [5, 5.41) is 13.2. The molecule has 0 bridgehead atoms. The quantitative estimate of drug-likeness (QED) is 0.289. The van der Waals surface area contributed by atoms with Gasteiger partial charge in [-0.3, -0.25) is 14.3 Å². The van der Waals surface area contributed by atoms with Gasteiger partial charge in [-0.25, -0.2) is 0 Å². The lowest BCUT2D eigenvalue weighted by molar-refractivity contribution is -0.145. The first-order valence-electron chi connectivity index (χ1n) is 12.5. The fraction of sp³-hybridized carbons (Fsp3) is 0.357. The van der Waals surface area contributed by atoms with Gasteiger partial charge in [-0.1, -0.05) is 30.3 Å². The number of alkyl halides is 3. The van der Waals surface area contributed by atoms with Crippen molar-refractivity contribution in [2.24, 2.45) is 0 Å². The number of hydrogen-bond donors (Lipinski definition) is 0. The molecule has 1 aliphatic heterocycles. The lowest BCUT2D eigenvalue weighted by Gasteiger charge is -2.33. The summed E-state index contributed by atoms with van der Waals surface area (Å²) in [6.45, 7) is 2.33. The number of carbonyl (C=O) groups is 2. The molecule has 2 aromatic heterocycles. The van der Waals surface area contributed by atoms with Crippen molar-refractivity contribution in [2.75, 3.05) is 33.8 Å².